The number of ether oxygens (including phenoxy) is 1. The number of nitrogens with two attached hydrogens (primary N) is 1. The van der Waals surface area contributed by atoms with E-state index < -0.39 is 0 Å². The quantitative estimate of drug-likeness (QED) is 0.871. The molecule has 6 nitrogen and oxygen atoms in total. The van der Waals surface area contributed by atoms with E-state index in [4.69, 9.17) is 15.7 Å². The minimum absolute atomic E-state index is 0.0539. The van der Waals surface area contributed by atoms with E-state index in [1.165, 1.54) is 0 Å². The molecule has 2 amide bonds. The van der Waals surface area contributed by atoms with E-state index in [1.54, 1.807) is 4.90 Å². The number of benzene rings is 1. The van der Waals surface area contributed by atoms with Crippen LogP contribution >= 0.6 is 0 Å². The Kier molecular flexibility index (Phi) is 4.66. The molecule has 0 aromatic heterocycles. The van der Waals surface area contributed by atoms with Crippen molar-refractivity contribution >= 4 is 11.7 Å². The Morgan fingerprint density at radius 1 is 1.40 bits per heavy atom. The zero-order valence-electron chi connectivity index (χ0n) is 11.2. The smallest absolute Gasteiger partial charge is 0.314 e. The molecule has 1 heterocycles. The van der Waals surface area contributed by atoms with Crippen molar-refractivity contribution in [1.82, 2.24) is 4.90 Å². The fraction of sp³-hybridized carbons (Fsp3) is 0.429. The first kappa shape index (κ1) is 14.0. The molecule has 0 spiro atoms. The Bertz CT molecular complexity index is 487. The van der Waals surface area contributed by atoms with Crippen LogP contribution in [0.15, 0.2) is 24.3 Å². The maximum absolute atomic E-state index is 11.0. The van der Waals surface area contributed by atoms with E-state index >= 15 is 0 Å². The summed E-state index contributed by atoms with van der Waals surface area (Å²) in [6.45, 7) is 1.44. The van der Waals surface area contributed by atoms with Gasteiger partial charge in [0.1, 0.15) is 11.8 Å². The van der Waals surface area contributed by atoms with Gasteiger partial charge in [0.25, 0.3) is 0 Å². The fourth-order valence-electron chi connectivity index (χ4n) is 2.24. The van der Waals surface area contributed by atoms with Crippen molar-refractivity contribution < 1.29 is 9.53 Å². The Balaban J connectivity index is 1.82. The Morgan fingerprint density at radius 3 is 2.60 bits per heavy atom. The number of primary amides is 1. The molecular weight excluding hydrogens is 256 g/mol. The van der Waals surface area contributed by atoms with Crippen molar-refractivity contribution in [3.8, 4) is 11.8 Å². The maximum atomic E-state index is 11.0. The summed E-state index contributed by atoms with van der Waals surface area (Å²) in [5.74, 6) is 0.681. The maximum Gasteiger partial charge on any atom is 0.314 e. The molecule has 3 N–H and O–H groups in total. The van der Waals surface area contributed by atoms with Crippen LogP contribution in [0.3, 0.4) is 0 Å². The summed E-state index contributed by atoms with van der Waals surface area (Å²) in [6, 6.07) is 9.44. The van der Waals surface area contributed by atoms with E-state index in [9.17, 15) is 4.79 Å². The van der Waals surface area contributed by atoms with Crippen LogP contribution in [0.5, 0.6) is 5.75 Å². The molecule has 0 radical (unpaired) electrons. The minimum atomic E-state index is -0.345. The molecule has 106 valence electrons. The lowest BCUT2D eigenvalue weighted by Gasteiger charge is -2.31. The highest BCUT2D eigenvalue weighted by Gasteiger charge is 2.20. The fourth-order valence-corrected chi connectivity index (χ4v) is 2.24. The second-order valence-electron chi connectivity index (χ2n) is 4.72. The van der Waals surface area contributed by atoms with Gasteiger partial charge < -0.3 is 20.7 Å². The number of hydrogen-bond donors (Lipinski definition) is 2. The average molecular weight is 274 g/mol. The highest BCUT2D eigenvalue weighted by atomic mass is 16.5. The van der Waals surface area contributed by atoms with Gasteiger partial charge in [-0.3, -0.25) is 0 Å². The third kappa shape index (κ3) is 3.79. The third-order valence-electron chi connectivity index (χ3n) is 3.34. The first-order valence-electron chi connectivity index (χ1n) is 6.60. The lowest BCUT2D eigenvalue weighted by Crippen LogP contribution is -2.44. The second-order valence-corrected chi connectivity index (χ2v) is 4.72. The molecule has 1 aliphatic heterocycles. The summed E-state index contributed by atoms with van der Waals surface area (Å²) in [5.41, 5.74) is 6.26. The average Bonchev–Trinajstić information content (AvgIpc) is 2.47. The van der Waals surface area contributed by atoms with Crippen LogP contribution in [0, 0.1) is 11.3 Å². The summed E-state index contributed by atoms with van der Waals surface area (Å²) in [5, 5.41) is 11.9. The molecule has 0 atom stereocenters. The van der Waals surface area contributed by atoms with Gasteiger partial charge in [0.15, 0.2) is 6.61 Å². The van der Waals surface area contributed by atoms with E-state index in [1.807, 2.05) is 30.3 Å². The van der Waals surface area contributed by atoms with Gasteiger partial charge in [-0.15, -0.1) is 0 Å². The first-order valence-corrected chi connectivity index (χ1v) is 6.60. The number of nitriles is 1. The van der Waals surface area contributed by atoms with Crippen molar-refractivity contribution in [2.45, 2.75) is 18.9 Å². The van der Waals surface area contributed by atoms with E-state index in [-0.39, 0.29) is 12.6 Å². The number of carbonyl (C=O) groups excluding carboxylic acids is 1. The van der Waals surface area contributed by atoms with Crippen molar-refractivity contribution in [2.75, 3.05) is 25.0 Å². The molecule has 0 aliphatic carbocycles. The lowest BCUT2D eigenvalue weighted by atomic mass is 10.0. The molecule has 0 bridgehead atoms. The predicted molar refractivity (Wildman–Crippen MR) is 75.4 cm³/mol. The number of rotatable bonds is 4. The van der Waals surface area contributed by atoms with Gasteiger partial charge >= 0.3 is 6.03 Å². The number of nitrogens with one attached hydrogen (secondary N) is 1. The summed E-state index contributed by atoms with van der Waals surface area (Å²) >= 11 is 0. The van der Waals surface area contributed by atoms with Crippen molar-refractivity contribution in [2.24, 2.45) is 5.73 Å². The van der Waals surface area contributed by atoms with Crippen LogP contribution in [0.25, 0.3) is 0 Å². The summed E-state index contributed by atoms with van der Waals surface area (Å²) in [7, 11) is 0. The number of piperidine rings is 1. The van der Waals surface area contributed by atoms with Gasteiger partial charge in [0, 0.05) is 24.8 Å². The number of nitrogens with zero attached hydrogens (tertiary/aromatic N) is 2. The number of likely N-dealkylation sites (tertiary alicyclic amines) is 1. The van der Waals surface area contributed by atoms with Crippen LogP contribution in [0.2, 0.25) is 0 Å². The third-order valence-corrected chi connectivity index (χ3v) is 3.34. The summed E-state index contributed by atoms with van der Waals surface area (Å²) in [4.78, 5) is 12.7. The Hall–Kier alpha value is -2.42. The Labute approximate surface area is 118 Å². The normalized spacial score (nSPS) is 15.4. The zero-order valence-corrected chi connectivity index (χ0v) is 11.2. The number of urea groups is 1. The van der Waals surface area contributed by atoms with E-state index in [2.05, 4.69) is 5.32 Å². The second kappa shape index (κ2) is 6.66. The molecule has 0 saturated carbocycles. The van der Waals surface area contributed by atoms with Crippen LogP contribution in [0.1, 0.15) is 12.8 Å². The standard InChI is InChI=1S/C14H18N4O2/c15-7-10-20-13-3-1-11(2-4-13)17-12-5-8-18(9-6-12)14(16)19/h1-4,12,17H,5-6,8-10H2,(H2,16,19). The van der Waals surface area contributed by atoms with Crippen LogP contribution in [-0.4, -0.2) is 36.7 Å². The molecule has 1 aromatic rings. The number of carbonyl (C=O) groups is 1. The van der Waals surface area contributed by atoms with Crippen molar-refractivity contribution in [3.63, 3.8) is 0 Å². The molecule has 1 saturated heterocycles. The van der Waals surface area contributed by atoms with Gasteiger partial charge in [-0.25, -0.2) is 4.79 Å². The highest BCUT2D eigenvalue weighted by Crippen LogP contribution is 2.19. The predicted octanol–water partition coefficient (Wildman–Crippen LogP) is 1.54. The van der Waals surface area contributed by atoms with Crippen molar-refractivity contribution in [1.29, 1.82) is 5.26 Å². The molecule has 0 unspecified atom stereocenters. The van der Waals surface area contributed by atoms with Gasteiger partial charge in [-0.1, -0.05) is 0 Å². The highest BCUT2D eigenvalue weighted by molar-refractivity contribution is 5.72. The summed E-state index contributed by atoms with van der Waals surface area (Å²) in [6.07, 6.45) is 1.77. The lowest BCUT2D eigenvalue weighted by molar-refractivity contribution is 0.193. The van der Waals surface area contributed by atoms with E-state index in [0.717, 1.165) is 18.5 Å². The van der Waals surface area contributed by atoms with Crippen molar-refractivity contribution in [3.05, 3.63) is 24.3 Å². The topological polar surface area (TPSA) is 91.4 Å². The molecule has 1 aromatic carbocycles. The molecule has 2 rings (SSSR count). The SMILES string of the molecule is N#CCOc1ccc(NC2CCN(C(N)=O)CC2)cc1. The largest absolute Gasteiger partial charge is 0.479 e. The van der Waals surface area contributed by atoms with Crippen LogP contribution in [0.4, 0.5) is 10.5 Å². The van der Waals surface area contributed by atoms with Gasteiger partial charge in [-0.2, -0.15) is 5.26 Å². The monoisotopic (exact) mass is 274 g/mol. The molecule has 1 aliphatic rings. The molecule has 20 heavy (non-hydrogen) atoms. The first-order chi connectivity index (χ1) is 9.69. The van der Waals surface area contributed by atoms with Crippen LogP contribution in [-0.2, 0) is 0 Å². The molecular formula is C14H18N4O2. The zero-order chi connectivity index (χ0) is 14.4. The minimum Gasteiger partial charge on any atom is -0.479 e. The number of hydrogen-bond acceptors (Lipinski definition) is 4. The number of anilines is 1. The molecule has 1 fully saturated rings. The summed E-state index contributed by atoms with van der Waals surface area (Å²) < 4.78 is 5.19. The van der Waals surface area contributed by atoms with Gasteiger partial charge in [0.2, 0.25) is 0 Å². The number of amides is 2. The van der Waals surface area contributed by atoms with E-state index in [0.29, 0.717) is 24.9 Å². The Morgan fingerprint density at radius 2 is 2.05 bits per heavy atom. The van der Waals surface area contributed by atoms with Crippen LogP contribution < -0.4 is 15.8 Å². The van der Waals surface area contributed by atoms with Gasteiger partial charge in [-0.05, 0) is 37.1 Å². The molecule has 6 heteroatoms. The van der Waals surface area contributed by atoms with Gasteiger partial charge in [0.05, 0.1) is 0 Å².